The van der Waals surface area contributed by atoms with E-state index in [1.165, 1.54) is 12.1 Å². The van der Waals surface area contributed by atoms with Gasteiger partial charge in [0.25, 0.3) is 11.1 Å². The molecule has 0 atom stereocenters. The fourth-order valence-corrected chi connectivity index (χ4v) is 2.77. The Bertz CT molecular complexity index is 643. The molecule has 1 aliphatic rings. The third-order valence-electron chi connectivity index (χ3n) is 2.44. The van der Waals surface area contributed by atoms with Crippen molar-refractivity contribution in [2.24, 2.45) is 0 Å². The fraction of sp³-hybridized carbons (Fsp3) is 0.0833. The third-order valence-corrected chi connectivity index (χ3v) is 3.98. The monoisotopic (exact) mass is 357 g/mol. The zero-order valence-electron chi connectivity index (χ0n) is 9.87. The molecule has 0 aromatic heterocycles. The number of phenols is 1. The number of nitrogens with zero attached hydrogens (tertiary/aromatic N) is 1. The van der Waals surface area contributed by atoms with Crippen molar-refractivity contribution in [3.05, 3.63) is 33.1 Å². The number of phenolic OH excluding ortho intramolecular Hbond substituents is 1. The Hall–Kier alpha value is -1.80. The summed E-state index contributed by atoms with van der Waals surface area (Å²) in [4.78, 5) is 34.9. The number of amides is 2. The number of hydrogen-bond acceptors (Lipinski definition) is 5. The Balaban J connectivity index is 2.27. The Labute approximate surface area is 126 Å². The molecule has 1 fully saturated rings. The molecule has 20 heavy (non-hydrogen) atoms. The predicted octanol–water partition coefficient (Wildman–Crippen LogP) is 2.28. The molecule has 1 heterocycles. The highest BCUT2D eigenvalue weighted by Gasteiger charge is 2.36. The van der Waals surface area contributed by atoms with Crippen molar-refractivity contribution in [2.45, 2.75) is 0 Å². The van der Waals surface area contributed by atoms with Gasteiger partial charge in [0.05, 0.1) is 9.38 Å². The van der Waals surface area contributed by atoms with Crippen molar-refractivity contribution >= 4 is 50.9 Å². The third kappa shape index (κ3) is 3.02. The van der Waals surface area contributed by atoms with Crippen LogP contribution in [0, 0.1) is 0 Å². The van der Waals surface area contributed by atoms with Gasteiger partial charge in [-0.1, -0.05) is 6.07 Å². The second-order valence-corrected chi connectivity index (χ2v) is 5.72. The summed E-state index contributed by atoms with van der Waals surface area (Å²) in [7, 11) is 0. The van der Waals surface area contributed by atoms with Crippen molar-refractivity contribution in [1.82, 2.24) is 4.90 Å². The van der Waals surface area contributed by atoms with Crippen molar-refractivity contribution < 1.29 is 24.6 Å². The quantitative estimate of drug-likeness (QED) is 0.805. The van der Waals surface area contributed by atoms with Crippen LogP contribution in [-0.2, 0) is 9.59 Å². The number of carboxylic acids is 1. The van der Waals surface area contributed by atoms with E-state index in [1.54, 1.807) is 12.1 Å². The van der Waals surface area contributed by atoms with E-state index in [0.29, 0.717) is 26.7 Å². The molecule has 104 valence electrons. The van der Waals surface area contributed by atoms with Crippen LogP contribution in [0.5, 0.6) is 5.75 Å². The maximum atomic E-state index is 11.9. The Morgan fingerprint density at radius 3 is 2.70 bits per heavy atom. The van der Waals surface area contributed by atoms with Gasteiger partial charge in [0, 0.05) is 0 Å². The second-order valence-electron chi connectivity index (χ2n) is 3.87. The maximum absolute atomic E-state index is 11.9. The van der Waals surface area contributed by atoms with Gasteiger partial charge in [0.2, 0.25) is 0 Å². The van der Waals surface area contributed by atoms with Crippen molar-refractivity contribution in [3.8, 4) is 5.75 Å². The molecule has 2 amide bonds. The SMILES string of the molecule is O=C(O)CN1C(=O)SC(=Cc2ccc(O)c(Br)c2)C1=O. The number of aromatic hydroxyl groups is 1. The summed E-state index contributed by atoms with van der Waals surface area (Å²) in [5, 5.41) is 17.4. The Morgan fingerprint density at radius 2 is 2.10 bits per heavy atom. The van der Waals surface area contributed by atoms with Crippen molar-refractivity contribution in [1.29, 1.82) is 0 Å². The molecule has 1 aliphatic heterocycles. The number of aliphatic carboxylic acids is 1. The molecule has 1 aromatic rings. The summed E-state index contributed by atoms with van der Waals surface area (Å²) >= 11 is 3.83. The number of hydrogen-bond donors (Lipinski definition) is 2. The van der Waals surface area contributed by atoms with E-state index in [9.17, 15) is 19.5 Å². The van der Waals surface area contributed by atoms with Gasteiger partial charge in [-0.15, -0.1) is 0 Å². The number of carbonyl (C=O) groups is 3. The number of thioether (sulfide) groups is 1. The molecular formula is C12H8BrNO5S. The first-order valence-corrected chi connectivity index (χ1v) is 6.95. The van der Waals surface area contributed by atoms with Gasteiger partial charge in [-0.3, -0.25) is 19.3 Å². The van der Waals surface area contributed by atoms with Crippen LogP contribution in [-0.4, -0.2) is 38.8 Å². The molecule has 0 aliphatic carbocycles. The minimum absolute atomic E-state index is 0.0566. The molecule has 1 saturated heterocycles. The van der Waals surface area contributed by atoms with Crippen LogP contribution < -0.4 is 0 Å². The summed E-state index contributed by atoms with van der Waals surface area (Å²) in [6.07, 6.45) is 1.47. The average Bonchev–Trinajstić information content (AvgIpc) is 2.61. The van der Waals surface area contributed by atoms with Gasteiger partial charge >= 0.3 is 5.97 Å². The topological polar surface area (TPSA) is 94.9 Å². The van der Waals surface area contributed by atoms with E-state index in [2.05, 4.69) is 15.9 Å². The number of carboxylic acid groups (broad SMARTS) is 1. The summed E-state index contributed by atoms with van der Waals surface area (Å²) in [6.45, 7) is -0.652. The smallest absolute Gasteiger partial charge is 0.323 e. The van der Waals surface area contributed by atoms with Crippen molar-refractivity contribution in [3.63, 3.8) is 0 Å². The molecule has 6 nitrogen and oxygen atoms in total. The van der Waals surface area contributed by atoms with E-state index in [1.807, 2.05) is 0 Å². The van der Waals surface area contributed by atoms with Gasteiger partial charge in [-0.05, 0) is 51.5 Å². The molecule has 0 radical (unpaired) electrons. The molecular weight excluding hydrogens is 350 g/mol. The van der Waals surface area contributed by atoms with Crippen LogP contribution in [0.4, 0.5) is 4.79 Å². The van der Waals surface area contributed by atoms with Crippen LogP contribution in [0.3, 0.4) is 0 Å². The lowest BCUT2D eigenvalue weighted by Crippen LogP contribution is -2.33. The number of carbonyl (C=O) groups excluding carboxylic acids is 2. The minimum Gasteiger partial charge on any atom is -0.507 e. The second kappa shape index (κ2) is 5.68. The average molecular weight is 358 g/mol. The first-order chi connectivity index (χ1) is 9.38. The number of rotatable bonds is 3. The van der Waals surface area contributed by atoms with Gasteiger partial charge in [0.1, 0.15) is 12.3 Å². The van der Waals surface area contributed by atoms with Crippen LogP contribution in [0.25, 0.3) is 6.08 Å². The summed E-state index contributed by atoms with van der Waals surface area (Å²) < 4.78 is 0.455. The predicted molar refractivity (Wildman–Crippen MR) is 76.1 cm³/mol. The van der Waals surface area contributed by atoms with E-state index in [0.717, 1.165) is 0 Å². The summed E-state index contributed by atoms with van der Waals surface area (Å²) in [5.74, 6) is -1.83. The van der Waals surface area contributed by atoms with E-state index < -0.39 is 23.7 Å². The molecule has 0 bridgehead atoms. The molecule has 2 rings (SSSR count). The molecule has 0 saturated carbocycles. The molecule has 1 aromatic carbocycles. The molecule has 8 heteroatoms. The highest BCUT2D eigenvalue weighted by molar-refractivity contribution is 9.10. The largest absolute Gasteiger partial charge is 0.507 e. The van der Waals surface area contributed by atoms with E-state index in [-0.39, 0.29) is 10.7 Å². The first-order valence-electron chi connectivity index (χ1n) is 5.34. The first kappa shape index (κ1) is 14.6. The highest BCUT2D eigenvalue weighted by Crippen LogP contribution is 2.33. The van der Waals surface area contributed by atoms with Crippen molar-refractivity contribution in [2.75, 3.05) is 6.54 Å². The molecule has 2 N–H and O–H groups in total. The summed E-state index contributed by atoms with van der Waals surface area (Å²) in [5.41, 5.74) is 0.607. The van der Waals surface area contributed by atoms with Crippen LogP contribution in [0.15, 0.2) is 27.6 Å². The van der Waals surface area contributed by atoms with E-state index in [4.69, 9.17) is 5.11 Å². The van der Waals surface area contributed by atoms with Gasteiger partial charge in [-0.2, -0.15) is 0 Å². The standard InChI is InChI=1S/C12H8BrNO5S/c13-7-3-6(1-2-8(7)15)4-9-11(18)14(5-10(16)17)12(19)20-9/h1-4,15H,5H2,(H,16,17). The number of benzene rings is 1. The molecule has 0 unspecified atom stereocenters. The Morgan fingerprint density at radius 1 is 1.40 bits per heavy atom. The van der Waals surface area contributed by atoms with Gasteiger partial charge < -0.3 is 10.2 Å². The van der Waals surface area contributed by atoms with Gasteiger partial charge in [-0.25, -0.2) is 0 Å². The number of halogens is 1. The number of imide groups is 1. The lowest BCUT2D eigenvalue weighted by molar-refractivity contribution is -0.140. The van der Waals surface area contributed by atoms with Gasteiger partial charge in [0.15, 0.2) is 0 Å². The highest BCUT2D eigenvalue weighted by atomic mass is 79.9. The molecule has 0 spiro atoms. The minimum atomic E-state index is -1.25. The zero-order chi connectivity index (χ0) is 14.9. The lowest BCUT2D eigenvalue weighted by Gasteiger charge is -2.07. The Kier molecular flexibility index (Phi) is 4.15. The summed E-state index contributed by atoms with van der Waals surface area (Å²) in [6, 6.07) is 4.60. The van der Waals surface area contributed by atoms with Crippen LogP contribution in [0.2, 0.25) is 0 Å². The zero-order valence-corrected chi connectivity index (χ0v) is 12.3. The maximum Gasteiger partial charge on any atom is 0.323 e. The van der Waals surface area contributed by atoms with Crippen LogP contribution >= 0.6 is 27.7 Å². The lowest BCUT2D eigenvalue weighted by atomic mass is 10.2. The fourth-order valence-electron chi connectivity index (χ4n) is 1.54. The van der Waals surface area contributed by atoms with Crippen LogP contribution in [0.1, 0.15) is 5.56 Å². The van der Waals surface area contributed by atoms with E-state index >= 15 is 0 Å². The normalized spacial score (nSPS) is 17.1.